The molecule has 168 valence electrons. The van der Waals surface area contributed by atoms with Gasteiger partial charge in [-0.1, -0.05) is 0 Å². The predicted octanol–water partition coefficient (Wildman–Crippen LogP) is 1.28. The standard InChI is InChI=1S/C22H23N9O2/c23-8-14-1-2-21(28-9-14)31-6-3-17(15(12-31)13-32)29-18-7-19(27-10-16(18)22(24)33)30-20-11-25-4-5-26-20/h1-2,4-5,7,9-11,15,17,32H,3,6,12-13H2,(H2,24,33)(H2,26,27,29,30)/t15-,17-/m1/s1. The normalized spacial score (nSPS) is 17.8. The van der Waals surface area contributed by atoms with E-state index in [1.807, 2.05) is 0 Å². The van der Waals surface area contributed by atoms with Crippen molar-refractivity contribution in [2.75, 3.05) is 35.2 Å². The number of aliphatic hydroxyl groups is 1. The molecule has 5 N–H and O–H groups in total. The lowest BCUT2D eigenvalue weighted by atomic mass is 9.92. The Bertz CT molecular complexity index is 1150. The molecule has 4 rings (SSSR count). The number of nitrogens with one attached hydrogen (secondary N) is 2. The molecule has 4 heterocycles. The van der Waals surface area contributed by atoms with Crippen LogP contribution in [0.4, 0.5) is 23.1 Å². The van der Waals surface area contributed by atoms with E-state index >= 15 is 0 Å². The van der Waals surface area contributed by atoms with Crippen LogP contribution in [0, 0.1) is 17.2 Å². The second-order valence-corrected chi connectivity index (χ2v) is 7.64. The maximum atomic E-state index is 12.0. The first-order valence-electron chi connectivity index (χ1n) is 10.4. The summed E-state index contributed by atoms with van der Waals surface area (Å²) in [4.78, 5) is 30.8. The minimum absolute atomic E-state index is 0.0495. The van der Waals surface area contributed by atoms with Gasteiger partial charge in [0.05, 0.1) is 23.0 Å². The van der Waals surface area contributed by atoms with Gasteiger partial charge in [0.15, 0.2) is 0 Å². The highest BCUT2D eigenvalue weighted by Crippen LogP contribution is 2.27. The number of pyridine rings is 2. The van der Waals surface area contributed by atoms with Gasteiger partial charge in [0, 0.05) is 62.5 Å². The lowest BCUT2D eigenvalue weighted by Crippen LogP contribution is -2.48. The van der Waals surface area contributed by atoms with Crippen LogP contribution >= 0.6 is 0 Å². The van der Waals surface area contributed by atoms with E-state index in [0.717, 1.165) is 5.82 Å². The summed E-state index contributed by atoms with van der Waals surface area (Å²) in [6, 6.07) is 7.18. The fourth-order valence-electron chi connectivity index (χ4n) is 3.79. The number of hydrogen-bond acceptors (Lipinski definition) is 10. The summed E-state index contributed by atoms with van der Waals surface area (Å²) in [5, 5.41) is 25.4. The van der Waals surface area contributed by atoms with Crippen LogP contribution in [0.3, 0.4) is 0 Å². The molecule has 3 aromatic rings. The molecule has 0 saturated carbocycles. The zero-order chi connectivity index (χ0) is 23.2. The van der Waals surface area contributed by atoms with Crippen molar-refractivity contribution >= 4 is 29.0 Å². The van der Waals surface area contributed by atoms with E-state index in [9.17, 15) is 9.90 Å². The SMILES string of the molecule is N#Cc1ccc(N2CC[C@@H](Nc3cc(Nc4cnccn4)ncc3C(N)=O)[C@@H](CO)C2)nc1. The zero-order valence-electron chi connectivity index (χ0n) is 17.7. The molecule has 1 saturated heterocycles. The van der Waals surface area contributed by atoms with Crippen molar-refractivity contribution in [3.8, 4) is 6.07 Å². The Morgan fingerprint density at radius 2 is 2.09 bits per heavy atom. The third-order valence-electron chi connectivity index (χ3n) is 5.50. The Hall–Kier alpha value is -4.30. The number of primary amides is 1. The van der Waals surface area contributed by atoms with Crippen LogP contribution in [-0.2, 0) is 0 Å². The number of carbonyl (C=O) groups excluding carboxylic acids is 1. The molecule has 11 nitrogen and oxygen atoms in total. The number of aromatic nitrogens is 4. The molecule has 1 fully saturated rings. The molecule has 1 aliphatic heterocycles. The van der Waals surface area contributed by atoms with Gasteiger partial charge in [-0.3, -0.25) is 9.78 Å². The van der Waals surface area contributed by atoms with E-state index in [0.29, 0.717) is 42.4 Å². The number of nitriles is 1. The molecule has 0 radical (unpaired) electrons. The summed E-state index contributed by atoms with van der Waals surface area (Å²) in [7, 11) is 0. The first-order chi connectivity index (χ1) is 16.1. The van der Waals surface area contributed by atoms with Crippen LogP contribution < -0.4 is 21.3 Å². The predicted molar refractivity (Wildman–Crippen MR) is 122 cm³/mol. The van der Waals surface area contributed by atoms with Crippen LogP contribution in [0.25, 0.3) is 0 Å². The van der Waals surface area contributed by atoms with Crippen LogP contribution in [0.5, 0.6) is 0 Å². The van der Waals surface area contributed by atoms with Crippen molar-refractivity contribution in [3.05, 3.63) is 60.3 Å². The topological polar surface area (TPSA) is 166 Å². The Kier molecular flexibility index (Phi) is 6.56. The number of anilines is 4. The zero-order valence-corrected chi connectivity index (χ0v) is 17.7. The average molecular weight is 445 g/mol. The molecule has 2 atom stereocenters. The summed E-state index contributed by atoms with van der Waals surface area (Å²) < 4.78 is 0. The van der Waals surface area contributed by atoms with Gasteiger partial charge in [0.2, 0.25) is 0 Å². The maximum Gasteiger partial charge on any atom is 0.252 e. The highest BCUT2D eigenvalue weighted by atomic mass is 16.3. The van der Waals surface area contributed by atoms with Gasteiger partial charge in [-0.15, -0.1) is 0 Å². The lowest BCUT2D eigenvalue weighted by Gasteiger charge is -2.39. The molecule has 0 bridgehead atoms. The number of amides is 1. The molecule has 0 spiro atoms. The Morgan fingerprint density at radius 3 is 2.76 bits per heavy atom. The summed E-state index contributed by atoms with van der Waals surface area (Å²) in [5.41, 5.74) is 6.84. The van der Waals surface area contributed by atoms with Gasteiger partial charge >= 0.3 is 0 Å². The molecule has 0 aliphatic carbocycles. The first-order valence-corrected chi connectivity index (χ1v) is 10.4. The molecule has 0 aromatic carbocycles. The summed E-state index contributed by atoms with van der Waals surface area (Å²) in [6.45, 7) is 1.20. The van der Waals surface area contributed by atoms with Crippen molar-refractivity contribution in [1.29, 1.82) is 5.26 Å². The van der Waals surface area contributed by atoms with E-state index in [-0.39, 0.29) is 24.1 Å². The minimum atomic E-state index is -0.601. The van der Waals surface area contributed by atoms with Crippen molar-refractivity contribution < 1.29 is 9.90 Å². The molecule has 1 aliphatic rings. The Morgan fingerprint density at radius 1 is 1.21 bits per heavy atom. The van der Waals surface area contributed by atoms with E-state index in [1.54, 1.807) is 36.8 Å². The molecule has 33 heavy (non-hydrogen) atoms. The van der Waals surface area contributed by atoms with Gasteiger partial charge in [-0.2, -0.15) is 5.26 Å². The van der Waals surface area contributed by atoms with Gasteiger partial charge in [-0.25, -0.2) is 15.0 Å². The second kappa shape index (κ2) is 9.88. The number of carbonyl (C=O) groups is 1. The van der Waals surface area contributed by atoms with Crippen LogP contribution in [0.1, 0.15) is 22.3 Å². The van der Waals surface area contributed by atoms with Crippen molar-refractivity contribution in [1.82, 2.24) is 19.9 Å². The van der Waals surface area contributed by atoms with Gasteiger partial charge in [0.1, 0.15) is 23.5 Å². The number of piperidine rings is 1. The molecular weight excluding hydrogens is 422 g/mol. The van der Waals surface area contributed by atoms with E-state index in [2.05, 4.69) is 41.5 Å². The fraction of sp³-hybridized carbons (Fsp3) is 0.273. The smallest absolute Gasteiger partial charge is 0.252 e. The van der Waals surface area contributed by atoms with E-state index in [1.165, 1.54) is 12.4 Å². The maximum absolute atomic E-state index is 12.0. The quantitative estimate of drug-likeness (QED) is 0.416. The van der Waals surface area contributed by atoms with E-state index in [4.69, 9.17) is 11.0 Å². The van der Waals surface area contributed by atoms with Crippen molar-refractivity contribution in [2.45, 2.75) is 12.5 Å². The first kappa shape index (κ1) is 21.9. The van der Waals surface area contributed by atoms with Crippen molar-refractivity contribution in [3.63, 3.8) is 0 Å². The fourth-order valence-corrected chi connectivity index (χ4v) is 3.79. The average Bonchev–Trinajstić information content (AvgIpc) is 2.85. The number of nitrogens with two attached hydrogens (primary N) is 1. The van der Waals surface area contributed by atoms with Gasteiger partial charge in [0.25, 0.3) is 5.91 Å². The summed E-state index contributed by atoms with van der Waals surface area (Å²) in [6.07, 6.45) is 8.33. The molecule has 1 amide bonds. The highest BCUT2D eigenvalue weighted by molar-refractivity contribution is 5.98. The summed E-state index contributed by atoms with van der Waals surface area (Å²) in [5.74, 6) is 1.02. The molecular formula is C22H23N9O2. The number of hydrogen-bond donors (Lipinski definition) is 4. The van der Waals surface area contributed by atoms with E-state index < -0.39 is 5.91 Å². The molecule has 0 unspecified atom stereocenters. The summed E-state index contributed by atoms with van der Waals surface area (Å²) >= 11 is 0. The van der Waals surface area contributed by atoms with Crippen molar-refractivity contribution in [2.24, 2.45) is 11.7 Å². The van der Waals surface area contributed by atoms with Crippen LogP contribution in [-0.4, -0.2) is 56.7 Å². The third kappa shape index (κ3) is 5.13. The van der Waals surface area contributed by atoms with Crippen LogP contribution in [0.15, 0.2) is 49.2 Å². The van der Waals surface area contributed by atoms with Crippen LogP contribution in [0.2, 0.25) is 0 Å². The minimum Gasteiger partial charge on any atom is -0.396 e. The molecule has 11 heteroatoms. The van der Waals surface area contributed by atoms with Gasteiger partial charge < -0.3 is 26.4 Å². The van der Waals surface area contributed by atoms with Gasteiger partial charge in [-0.05, 0) is 18.6 Å². The second-order valence-electron chi connectivity index (χ2n) is 7.64. The highest BCUT2D eigenvalue weighted by Gasteiger charge is 2.30. The number of rotatable bonds is 7. The number of nitrogens with zero attached hydrogens (tertiary/aromatic N) is 6. The molecule has 3 aromatic heterocycles. The Balaban J connectivity index is 1.51. The third-order valence-corrected chi connectivity index (χ3v) is 5.50. The largest absolute Gasteiger partial charge is 0.396 e. The Labute approximate surface area is 190 Å². The monoisotopic (exact) mass is 445 g/mol. The lowest BCUT2D eigenvalue weighted by molar-refractivity contribution is 0.100. The number of aliphatic hydroxyl groups excluding tert-OH is 1.